The molecule has 7 heteroatoms. The van der Waals surface area contributed by atoms with Gasteiger partial charge in [-0.2, -0.15) is 0 Å². The summed E-state index contributed by atoms with van der Waals surface area (Å²) in [5.74, 6) is -0.905. The molecule has 130 valence electrons. The Labute approximate surface area is 144 Å². The molecule has 1 aromatic heterocycles. The Morgan fingerprint density at radius 1 is 1.33 bits per heavy atom. The van der Waals surface area contributed by atoms with Gasteiger partial charge in [0, 0.05) is 23.6 Å². The van der Waals surface area contributed by atoms with E-state index in [2.05, 4.69) is 5.32 Å². The molecule has 1 spiro atoms. The molecule has 2 aliphatic carbocycles. The van der Waals surface area contributed by atoms with Crippen molar-refractivity contribution < 1.29 is 23.8 Å². The number of thiophene rings is 1. The van der Waals surface area contributed by atoms with E-state index in [1.54, 1.807) is 6.92 Å². The van der Waals surface area contributed by atoms with E-state index in [0.29, 0.717) is 36.8 Å². The first-order chi connectivity index (χ1) is 11.6. The second kappa shape index (κ2) is 6.13. The third-order valence-corrected chi connectivity index (χ3v) is 5.95. The number of hydrogen-bond acceptors (Lipinski definition) is 6. The predicted molar refractivity (Wildman–Crippen MR) is 88.3 cm³/mol. The van der Waals surface area contributed by atoms with Crippen molar-refractivity contribution in [2.75, 3.05) is 25.1 Å². The maximum absolute atomic E-state index is 12.5. The second-order valence-corrected chi connectivity index (χ2v) is 7.58. The maximum atomic E-state index is 12.5. The highest BCUT2D eigenvalue weighted by molar-refractivity contribution is 7.17. The Morgan fingerprint density at radius 2 is 2.08 bits per heavy atom. The van der Waals surface area contributed by atoms with Crippen LogP contribution in [0.4, 0.5) is 5.00 Å². The van der Waals surface area contributed by atoms with Crippen LogP contribution in [0.2, 0.25) is 0 Å². The molecule has 6 nitrogen and oxygen atoms in total. The molecule has 2 heterocycles. The number of fused-ring (bicyclic) bond motifs is 1. The standard InChI is InChI=1S/C17H21NO5S/c1-2-21-16(20)13-11-9-17(22-7-8-23-17)6-5-12(11)24-15(13)18-14(19)10-3-4-10/h10H,2-9H2,1H3,(H,18,19). The average Bonchev–Trinajstić information content (AvgIpc) is 3.23. The number of carbonyl (C=O) groups is 2. The molecule has 0 bridgehead atoms. The summed E-state index contributed by atoms with van der Waals surface area (Å²) in [7, 11) is 0. The summed E-state index contributed by atoms with van der Waals surface area (Å²) >= 11 is 1.49. The lowest BCUT2D eigenvalue weighted by molar-refractivity contribution is -0.163. The predicted octanol–water partition coefficient (Wildman–Crippen LogP) is 2.51. The molecular formula is C17H21NO5S. The zero-order valence-electron chi connectivity index (χ0n) is 13.7. The van der Waals surface area contributed by atoms with Crippen LogP contribution in [0.25, 0.3) is 0 Å². The monoisotopic (exact) mass is 351 g/mol. The number of hydrogen-bond donors (Lipinski definition) is 1. The smallest absolute Gasteiger partial charge is 0.341 e. The summed E-state index contributed by atoms with van der Waals surface area (Å²) < 4.78 is 16.9. The molecule has 1 aromatic rings. The van der Waals surface area contributed by atoms with Gasteiger partial charge >= 0.3 is 5.97 Å². The van der Waals surface area contributed by atoms with Crippen molar-refractivity contribution in [3.8, 4) is 0 Å². The molecule has 2 fully saturated rings. The number of amides is 1. The van der Waals surface area contributed by atoms with Gasteiger partial charge in [0.2, 0.25) is 5.91 Å². The van der Waals surface area contributed by atoms with E-state index in [1.165, 1.54) is 11.3 Å². The Bertz CT molecular complexity index is 673. The Kier molecular flexibility index (Phi) is 4.10. The number of anilines is 1. The van der Waals surface area contributed by atoms with Gasteiger partial charge in [-0.15, -0.1) is 11.3 Å². The third kappa shape index (κ3) is 2.85. The zero-order chi connectivity index (χ0) is 16.7. The molecule has 1 saturated heterocycles. The molecule has 4 rings (SSSR count). The van der Waals surface area contributed by atoms with Gasteiger partial charge in [-0.1, -0.05) is 0 Å². The highest BCUT2D eigenvalue weighted by atomic mass is 32.1. The molecule has 3 aliphatic rings. The van der Waals surface area contributed by atoms with Crippen LogP contribution in [0.3, 0.4) is 0 Å². The van der Waals surface area contributed by atoms with Gasteiger partial charge < -0.3 is 19.5 Å². The summed E-state index contributed by atoms with van der Waals surface area (Å²) in [5, 5.41) is 3.56. The fraction of sp³-hybridized carbons (Fsp3) is 0.647. The molecule has 0 unspecified atom stereocenters. The first-order valence-corrected chi connectivity index (χ1v) is 9.34. The molecule has 0 aromatic carbocycles. The first-order valence-electron chi connectivity index (χ1n) is 8.52. The molecule has 1 aliphatic heterocycles. The first kappa shape index (κ1) is 16.1. The van der Waals surface area contributed by atoms with Crippen molar-refractivity contribution in [2.45, 2.75) is 44.8 Å². The van der Waals surface area contributed by atoms with Crippen LogP contribution in [-0.4, -0.2) is 37.5 Å². The summed E-state index contributed by atoms with van der Waals surface area (Å²) in [6.45, 7) is 3.25. The van der Waals surface area contributed by atoms with Crippen LogP contribution in [0.1, 0.15) is 47.0 Å². The largest absolute Gasteiger partial charge is 0.462 e. The number of carbonyl (C=O) groups excluding carboxylic acids is 2. The van der Waals surface area contributed by atoms with E-state index in [9.17, 15) is 9.59 Å². The van der Waals surface area contributed by atoms with E-state index < -0.39 is 5.79 Å². The van der Waals surface area contributed by atoms with Crippen molar-refractivity contribution >= 4 is 28.2 Å². The number of aryl methyl sites for hydroxylation is 1. The van der Waals surface area contributed by atoms with Gasteiger partial charge in [0.25, 0.3) is 0 Å². The Balaban J connectivity index is 1.68. The minimum absolute atomic E-state index is 0.00206. The summed E-state index contributed by atoms with van der Waals surface area (Å²) in [5.41, 5.74) is 1.40. The van der Waals surface area contributed by atoms with Crippen LogP contribution in [0.5, 0.6) is 0 Å². The van der Waals surface area contributed by atoms with E-state index in [0.717, 1.165) is 36.1 Å². The summed E-state index contributed by atoms with van der Waals surface area (Å²) in [6.07, 6.45) is 3.95. The number of esters is 1. The fourth-order valence-electron chi connectivity index (χ4n) is 3.37. The van der Waals surface area contributed by atoms with Crippen molar-refractivity contribution in [2.24, 2.45) is 5.92 Å². The fourth-order valence-corrected chi connectivity index (χ4v) is 4.58. The Morgan fingerprint density at radius 3 is 2.75 bits per heavy atom. The highest BCUT2D eigenvalue weighted by Crippen LogP contribution is 2.44. The maximum Gasteiger partial charge on any atom is 0.341 e. The molecule has 24 heavy (non-hydrogen) atoms. The van der Waals surface area contributed by atoms with E-state index >= 15 is 0 Å². The van der Waals surface area contributed by atoms with Gasteiger partial charge in [0.15, 0.2) is 5.79 Å². The lowest BCUT2D eigenvalue weighted by Crippen LogP contribution is -2.37. The second-order valence-electron chi connectivity index (χ2n) is 6.48. The molecule has 0 atom stereocenters. The van der Waals surface area contributed by atoms with Gasteiger partial charge in [-0.3, -0.25) is 4.79 Å². The lowest BCUT2D eigenvalue weighted by atomic mass is 9.90. The SMILES string of the molecule is CCOC(=O)c1c(NC(=O)C2CC2)sc2c1CC1(CC2)OCCO1. The molecule has 0 radical (unpaired) electrons. The molecular weight excluding hydrogens is 330 g/mol. The van der Waals surface area contributed by atoms with Gasteiger partial charge in [0.05, 0.1) is 25.4 Å². The third-order valence-electron chi connectivity index (χ3n) is 4.75. The van der Waals surface area contributed by atoms with Crippen LogP contribution in [0, 0.1) is 5.92 Å². The normalized spacial score (nSPS) is 21.5. The molecule has 1 saturated carbocycles. The van der Waals surface area contributed by atoms with Crippen LogP contribution < -0.4 is 5.32 Å². The average molecular weight is 351 g/mol. The van der Waals surface area contributed by atoms with Gasteiger partial charge in [0.1, 0.15) is 5.00 Å². The number of rotatable bonds is 4. The van der Waals surface area contributed by atoms with E-state index in [-0.39, 0.29) is 17.8 Å². The van der Waals surface area contributed by atoms with Crippen molar-refractivity contribution in [1.82, 2.24) is 0 Å². The summed E-state index contributed by atoms with van der Waals surface area (Å²) in [6, 6.07) is 0. The van der Waals surface area contributed by atoms with Gasteiger partial charge in [-0.25, -0.2) is 4.79 Å². The number of ether oxygens (including phenoxy) is 3. The van der Waals surface area contributed by atoms with Crippen molar-refractivity contribution in [3.63, 3.8) is 0 Å². The van der Waals surface area contributed by atoms with Crippen molar-refractivity contribution in [3.05, 3.63) is 16.0 Å². The molecule has 1 N–H and O–H groups in total. The zero-order valence-corrected chi connectivity index (χ0v) is 14.5. The molecule has 1 amide bonds. The Hall–Kier alpha value is -1.44. The minimum Gasteiger partial charge on any atom is -0.462 e. The summed E-state index contributed by atoms with van der Waals surface area (Å²) in [4.78, 5) is 25.8. The quantitative estimate of drug-likeness (QED) is 0.844. The lowest BCUT2D eigenvalue weighted by Gasteiger charge is -2.31. The van der Waals surface area contributed by atoms with E-state index in [1.807, 2.05) is 0 Å². The van der Waals surface area contributed by atoms with Crippen LogP contribution in [-0.2, 0) is 31.8 Å². The van der Waals surface area contributed by atoms with Crippen LogP contribution in [0.15, 0.2) is 0 Å². The minimum atomic E-state index is -0.618. The van der Waals surface area contributed by atoms with Crippen LogP contribution >= 0.6 is 11.3 Å². The van der Waals surface area contributed by atoms with Crippen molar-refractivity contribution in [1.29, 1.82) is 0 Å². The van der Waals surface area contributed by atoms with Gasteiger partial charge in [-0.05, 0) is 31.7 Å². The number of nitrogens with one attached hydrogen (secondary N) is 1. The topological polar surface area (TPSA) is 73.9 Å². The highest BCUT2D eigenvalue weighted by Gasteiger charge is 2.43. The van der Waals surface area contributed by atoms with E-state index in [4.69, 9.17) is 14.2 Å².